The number of hydrogen-bond donors (Lipinski definition) is 1. The third kappa shape index (κ3) is 5.77. The van der Waals surface area contributed by atoms with Gasteiger partial charge in [-0.1, -0.05) is 60.7 Å². The Hall–Kier alpha value is -4.42. The van der Waals surface area contributed by atoms with Crippen LogP contribution in [0.5, 0.6) is 11.5 Å². The molecule has 4 rings (SSSR count). The summed E-state index contributed by atoms with van der Waals surface area (Å²) in [5.41, 5.74) is 0.336. The lowest BCUT2D eigenvalue weighted by Gasteiger charge is -2.32. The molecule has 210 valence electrons. The van der Waals surface area contributed by atoms with Gasteiger partial charge in [0.15, 0.2) is 11.5 Å². The van der Waals surface area contributed by atoms with Gasteiger partial charge in [-0.25, -0.2) is 9.59 Å². The van der Waals surface area contributed by atoms with E-state index in [1.807, 2.05) is 67.6 Å². The summed E-state index contributed by atoms with van der Waals surface area (Å²) in [5, 5.41) is 3.29. The van der Waals surface area contributed by atoms with Crippen LogP contribution in [-0.2, 0) is 15.1 Å². The molecule has 2 aromatic carbocycles. The molecule has 40 heavy (non-hydrogen) atoms. The van der Waals surface area contributed by atoms with Crippen molar-refractivity contribution in [2.24, 2.45) is 4.99 Å². The quantitative estimate of drug-likeness (QED) is 0.301. The van der Waals surface area contributed by atoms with Gasteiger partial charge in [0.2, 0.25) is 0 Å². The average molecular weight is 565 g/mol. The third-order valence-electron chi connectivity index (χ3n) is 6.27. The fourth-order valence-corrected chi connectivity index (χ4v) is 4.29. The molecule has 1 N–H and O–H groups in total. The molecular formula is C27H21F6N3O4. The van der Waals surface area contributed by atoms with Gasteiger partial charge in [-0.15, -0.1) is 0 Å². The van der Waals surface area contributed by atoms with Crippen LogP contribution in [0.4, 0.5) is 26.3 Å². The molecule has 0 saturated heterocycles. The lowest BCUT2D eigenvalue weighted by molar-refractivity contribution is -0.191. The molecule has 2 heterocycles. The Kier molecular flexibility index (Phi) is 7.59. The minimum absolute atomic E-state index is 0.191. The largest absolute Gasteiger partial charge is 0.491 e. The zero-order chi connectivity index (χ0) is 29.3. The molecule has 3 atom stereocenters. The van der Waals surface area contributed by atoms with Gasteiger partial charge in [0.05, 0.1) is 17.2 Å². The zero-order valence-electron chi connectivity index (χ0n) is 20.9. The van der Waals surface area contributed by atoms with E-state index in [1.54, 1.807) is 0 Å². The Morgan fingerprint density at radius 3 is 2.00 bits per heavy atom. The second kappa shape index (κ2) is 10.6. The number of esters is 2. The first-order valence-corrected chi connectivity index (χ1v) is 11.7. The van der Waals surface area contributed by atoms with Crippen LogP contribution in [0.25, 0.3) is 0 Å². The predicted octanol–water partition coefficient (Wildman–Crippen LogP) is 5.78. The minimum Gasteiger partial charge on any atom is -0.416 e. The van der Waals surface area contributed by atoms with Crippen molar-refractivity contribution < 1.29 is 45.4 Å². The van der Waals surface area contributed by atoms with Gasteiger partial charge in [0.1, 0.15) is 11.9 Å². The average Bonchev–Trinajstić information content (AvgIpc) is 3.27. The Bertz CT molecular complexity index is 1430. The van der Waals surface area contributed by atoms with E-state index < -0.39 is 59.0 Å². The van der Waals surface area contributed by atoms with Crippen molar-refractivity contribution >= 4 is 17.8 Å². The van der Waals surface area contributed by atoms with Gasteiger partial charge in [-0.05, 0) is 25.0 Å². The van der Waals surface area contributed by atoms with Crippen molar-refractivity contribution in [3.05, 3.63) is 89.7 Å². The summed E-state index contributed by atoms with van der Waals surface area (Å²) in [7, 11) is 0. The van der Waals surface area contributed by atoms with E-state index in [0.717, 1.165) is 17.3 Å². The summed E-state index contributed by atoms with van der Waals surface area (Å²) in [6, 6.07) is 18.5. The first-order valence-electron chi connectivity index (χ1n) is 11.7. The number of pyridine rings is 1. The molecule has 0 aliphatic carbocycles. The van der Waals surface area contributed by atoms with E-state index in [-0.39, 0.29) is 5.84 Å². The summed E-state index contributed by atoms with van der Waals surface area (Å²) in [6.45, 7) is 3.32. The monoisotopic (exact) mass is 565 g/mol. The maximum absolute atomic E-state index is 13.1. The Labute approximate surface area is 223 Å². The van der Waals surface area contributed by atoms with E-state index in [1.165, 1.54) is 6.92 Å². The molecule has 1 aromatic heterocycles. The first kappa shape index (κ1) is 28.6. The van der Waals surface area contributed by atoms with Crippen LogP contribution in [-0.4, -0.2) is 35.1 Å². The number of nitrogens with zero attached hydrogens (tertiary/aromatic N) is 2. The number of carbonyl (C=O) groups excluding carboxylic acids is 2. The van der Waals surface area contributed by atoms with Crippen molar-refractivity contribution in [2.45, 2.75) is 43.7 Å². The van der Waals surface area contributed by atoms with Crippen LogP contribution in [0, 0.1) is 0 Å². The number of ether oxygens (including phenoxy) is 2. The maximum Gasteiger partial charge on any atom is 0.491 e. The summed E-state index contributed by atoms with van der Waals surface area (Å²) in [5.74, 6) is -8.49. The lowest BCUT2D eigenvalue weighted by Crippen LogP contribution is -2.43. The van der Waals surface area contributed by atoms with Gasteiger partial charge in [-0.3, -0.25) is 9.98 Å². The minimum atomic E-state index is -5.50. The second-order valence-corrected chi connectivity index (χ2v) is 9.04. The fourth-order valence-electron chi connectivity index (χ4n) is 4.29. The van der Waals surface area contributed by atoms with Gasteiger partial charge in [0, 0.05) is 12.3 Å². The summed E-state index contributed by atoms with van der Waals surface area (Å²) < 4.78 is 86.5. The van der Waals surface area contributed by atoms with Crippen LogP contribution in [0.1, 0.15) is 42.6 Å². The van der Waals surface area contributed by atoms with E-state index >= 15 is 0 Å². The van der Waals surface area contributed by atoms with Gasteiger partial charge in [-0.2, -0.15) is 26.3 Å². The van der Waals surface area contributed by atoms with Crippen molar-refractivity contribution in [3.8, 4) is 11.5 Å². The summed E-state index contributed by atoms with van der Waals surface area (Å²) >= 11 is 0. The number of amidine groups is 1. The molecule has 0 bridgehead atoms. The number of alkyl halides is 6. The number of nitrogens with one attached hydrogen (secondary N) is 1. The molecule has 0 fully saturated rings. The zero-order valence-corrected chi connectivity index (χ0v) is 20.9. The van der Waals surface area contributed by atoms with Crippen LogP contribution < -0.4 is 14.8 Å². The summed E-state index contributed by atoms with van der Waals surface area (Å²) in [6.07, 6.45) is -10.1. The molecular weight excluding hydrogens is 544 g/mol. The molecule has 0 radical (unpaired) electrons. The number of halogens is 6. The molecule has 3 aromatic rings. The highest BCUT2D eigenvalue weighted by atomic mass is 19.4. The number of hydrogen-bond acceptors (Lipinski definition) is 7. The third-order valence-corrected chi connectivity index (χ3v) is 6.27. The summed E-state index contributed by atoms with van der Waals surface area (Å²) in [4.78, 5) is 31.9. The normalized spacial score (nSPS) is 19.8. The molecule has 0 saturated carbocycles. The van der Waals surface area contributed by atoms with Crippen molar-refractivity contribution in [1.82, 2.24) is 10.3 Å². The van der Waals surface area contributed by atoms with Crippen molar-refractivity contribution in [1.29, 1.82) is 0 Å². The number of benzene rings is 2. The lowest BCUT2D eigenvalue weighted by atomic mass is 9.82. The molecule has 0 amide bonds. The smallest absolute Gasteiger partial charge is 0.416 e. The number of aromatic nitrogens is 1. The SMILES string of the molecule is CC(C1=NC(c2ccccc2)C(C)(c2ccccc2)N1)c1nccc(OC(=O)C(F)(F)F)c1OC(=O)C(F)(F)F. The number of carbonyl (C=O) groups is 2. The Morgan fingerprint density at radius 1 is 0.875 bits per heavy atom. The van der Waals surface area contributed by atoms with E-state index in [2.05, 4.69) is 19.8 Å². The Morgan fingerprint density at radius 2 is 1.43 bits per heavy atom. The fraction of sp³-hybridized carbons (Fsp3) is 0.259. The van der Waals surface area contributed by atoms with Crippen LogP contribution in [0.3, 0.4) is 0 Å². The van der Waals surface area contributed by atoms with Crippen molar-refractivity contribution in [2.75, 3.05) is 0 Å². The standard InChI is InChI=1S/C27H21F6N3O4/c1-15(19-20(40-24(38)27(31,32)33)18(13-14-34-19)39-23(37)26(28,29)30)22-35-21(16-9-5-3-6-10-16)25(2,36-22)17-11-7-4-8-12-17/h3-15,21H,1-2H3,(H,35,36). The van der Waals surface area contributed by atoms with Crippen LogP contribution >= 0.6 is 0 Å². The first-order chi connectivity index (χ1) is 18.7. The van der Waals surface area contributed by atoms with Gasteiger partial charge in [0.25, 0.3) is 0 Å². The van der Waals surface area contributed by atoms with E-state index in [4.69, 9.17) is 4.99 Å². The highest BCUT2D eigenvalue weighted by molar-refractivity contribution is 5.92. The van der Waals surface area contributed by atoms with E-state index in [9.17, 15) is 35.9 Å². The molecule has 0 spiro atoms. The van der Waals surface area contributed by atoms with Gasteiger partial charge < -0.3 is 14.8 Å². The molecule has 7 nitrogen and oxygen atoms in total. The highest BCUT2D eigenvalue weighted by Gasteiger charge is 2.47. The predicted molar refractivity (Wildman–Crippen MR) is 130 cm³/mol. The number of rotatable bonds is 6. The van der Waals surface area contributed by atoms with Crippen LogP contribution in [0.2, 0.25) is 0 Å². The number of aliphatic imine (C=N–C) groups is 1. The Balaban J connectivity index is 1.80. The molecule has 13 heteroatoms. The highest BCUT2D eigenvalue weighted by Crippen LogP contribution is 2.44. The van der Waals surface area contributed by atoms with Gasteiger partial charge >= 0.3 is 24.3 Å². The molecule has 3 unspecified atom stereocenters. The van der Waals surface area contributed by atoms with E-state index in [0.29, 0.717) is 6.07 Å². The molecule has 1 aliphatic rings. The van der Waals surface area contributed by atoms with Crippen LogP contribution in [0.15, 0.2) is 77.9 Å². The van der Waals surface area contributed by atoms with Crippen molar-refractivity contribution in [3.63, 3.8) is 0 Å². The molecule has 1 aliphatic heterocycles. The topological polar surface area (TPSA) is 89.9 Å². The maximum atomic E-state index is 13.1. The second-order valence-electron chi connectivity index (χ2n) is 9.04.